The van der Waals surface area contributed by atoms with E-state index in [-0.39, 0.29) is 11.5 Å². The van der Waals surface area contributed by atoms with Gasteiger partial charge in [0.25, 0.3) is 5.91 Å². The molecule has 0 unspecified atom stereocenters. The molecule has 3 rings (SSSR count). The van der Waals surface area contributed by atoms with Gasteiger partial charge in [0.05, 0.1) is 28.5 Å². The Balaban J connectivity index is 2.02. The number of likely N-dealkylation sites (N-methyl/N-ethyl adjacent to an activating group) is 1. The van der Waals surface area contributed by atoms with E-state index in [1.165, 1.54) is 18.4 Å². The zero-order chi connectivity index (χ0) is 21.7. The van der Waals surface area contributed by atoms with Gasteiger partial charge in [0, 0.05) is 18.1 Å². The minimum Gasteiger partial charge on any atom is -0.465 e. The van der Waals surface area contributed by atoms with Crippen molar-refractivity contribution in [3.05, 3.63) is 58.6 Å². The van der Waals surface area contributed by atoms with Gasteiger partial charge in [-0.15, -0.1) is 0 Å². The highest BCUT2D eigenvalue weighted by molar-refractivity contribution is 7.22. The first kappa shape index (κ1) is 22.2. The molecule has 1 heterocycles. The monoisotopic (exact) mass is 445 g/mol. The number of halogens is 1. The summed E-state index contributed by atoms with van der Waals surface area (Å²) in [6.07, 6.45) is 0. The first-order valence-corrected chi connectivity index (χ1v) is 11.0. The zero-order valence-corrected chi connectivity index (χ0v) is 18.8. The highest BCUT2D eigenvalue weighted by Gasteiger charge is 2.26. The van der Waals surface area contributed by atoms with Crippen LogP contribution in [0.4, 0.5) is 5.13 Å². The summed E-state index contributed by atoms with van der Waals surface area (Å²) in [5.41, 5.74) is 1.31. The number of benzene rings is 2. The molecule has 0 N–H and O–H groups in total. The second-order valence-corrected chi connectivity index (χ2v) is 8.07. The van der Waals surface area contributed by atoms with Crippen molar-refractivity contribution in [2.75, 3.05) is 38.2 Å². The number of amides is 1. The number of carbonyl (C=O) groups excluding carboxylic acids is 2. The van der Waals surface area contributed by atoms with Crippen LogP contribution in [0.25, 0.3) is 10.2 Å². The first-order chi connectivity index (χ1) is 14.5. The topological polar surface area (TPSA) is 62.7 Å². The molecule has 1 aromatic heterocycles. The molecule has 0 fully saturated rings. The van der Waals surface area contributed by atoms with Gasteiger partial charge >= 0.3 is 5.97 Å². The first-order valence-electron chi connectivity index (χ1n) is 9.76. The Morgan fingerprint density at radius 1 is 1.07 bits per heavy atom. The van der Waals surface area contributed by atoms with Gasteiger partial charge in [-0.1, -0.05) is 48.9 Å². The van der Waals surface area contributed by atoms with Crippen LogP contribution in [0, 0.1) is 0 Å². The summed E-state index contributed by atoms with van der Waals surface area (Å²) in [7, 11) is 1.30. The summed E-state index contributed by atoms with van der Waals surface area (Å²) in [5.74, 6) is -0.827. The van der Waals surface area contributed by atoms with Crippen LogP contribution in [-0.2, 0) is 4.74 Å². The number of hydrogen-bond acceptors (Lipinski definition) is 6. The van der Waals surface area contributed by atoms with Gasteiger partial charge in [-0.2, -0.15) is 0 Å². The summed E-state index contributed by atoms with van der Waals surface area (Å²) in [6, 6.07) is 12.1. The van der Waals surface area contributed by atoms with Gasteiger partial charge < -0.3 is 9.64 Å². The van der Waals surface area contributed by atoms with E-state index in [2.05, 4.69) is 23.7 Å². The number of nitrogens with zero attached hydrogens (tertiary/aromatic N) is 3. The van der Waals surface area contributed by atoms with Gasteiger partial charge in [-0.25, -0.2) is 9.78 Å². The quantitative estimate of drug-likeness (QED) is 0.469. The van der Waals surface area contributed by atoms with E-state index in [0.29, 0.717) is 28.8 Å². The van der Waals surface area contributed by atoms with E-state index < -0.39 is 5.97 Å². The molecule has 0 bridgehead atoms. The van der Waals surface area contributed by atoms with E-state index in [0.717, 1.165) is 23.3 Å². The van der Waals surface area contributed by atoms with E-state index in [1.54, 1.807) is 35.2 Å². The molecule has 1 amide bonds. The number of fused-ring (bicyclic) bond motifs is 1. The average Bonchev–Trinajstić information content (AvgIpc) is 3.18. The molecule has 30 heavy (non-hydrogen) atoms. The molecule has 0 aliphatic heterocycles. The van der Waals surface area contributed by atoms with E-state index in [4.69, 9.17) is 16.3 Å². The van der Waals surface area contributed by atoms with Crippen LogP contribution in [0.1, 0.15) is 34.6 Å². The molecule has 0 aliphatic rings. The summed E-state index contributed by atoms with van der Waals surface area (Å²) in [5, 5.41) is 1.19. The Morgan fingerprint density at radius 3 is 2.43 bits per heavy atom. The van der Waals surface area contributed by atoms with Gasteiger partial charge in [-0.05, 0) is 43.4 Å². The number of carbonyl (C=O) groups is 2. The maximum Gasteiger partial charge on any atom is 0.338 e. The van der Waals surface area contributed by atoms with Crippen molar-refractivity contribution in [2.45, 2.75) is 13.8 Å². The van der Waals surface area contributed by atoms with Crippen LogP contribution < -0.4 is 4.90 Å². The van der Waals surface area contributed by atoms with Crippen LogP contribution in [0.3, 0.4) is 0 Å². The number of esters is 1. The van der Waals surface area contributed by atoms with Crippen LogP contribution in [0.5, 0.6) is 0 Å². The molecule has 158 valence electrons. The van der Waals surface area contributed by atoms with Crippen molar-refractivity contribution in [1.82, 2.24) is 9.88 Å². The predicted octanol–water partition coefficient (Wildman–Crippen LogP) is 4.72. The van der Waals surface area contributed by atoms with Crippen LogP contribution in [0.2, 0.25) is 5.02 Å². The highest BCUT2D eigenvalue weighted by Crippen LogP contribution is 2.32. The Hall–Kier alpha value is -2.48. The molecule has 0 saturated carbocycles. The summed E-state index contributed by atoms with van der Waals surface area (Å²) in [6.45, 7) is 7.07. The Morgan fingerprint density at radius 2 is 1.77 bits per heavy atom. The third kappa shape index (κ3) is 4.80. The fourth-order valence-electron chi connectivity index (χ4n) is 3.17. The van der Waals surface area contributed by atoms with Gasteiger partial charge in [0.2, 0.25) is 0 Å². The number of thiazole rings is 1. The minimum absolute atomic E-state index is 0.238. The summed E-state index contributed by atoms with van der Waals surface area (Å²) >= 11 is 7.52. The third-order valence-corrected chi connectivity index (χ3v) is 6.19. The minimum atomic E-state index is -0.543. The third-order valence-electron chi connectivity index (χ3n) is 4.91. The lowest BCUT2D eigenvalue weighted by atomic mass is 10.1. The molecule has 0 aliphatic carbocycles. The molecule has 0 radical (unpaired) electrons. The van der Waals surface area contributed by atoms with Crippen LogP contribution in [-0.4, -0.2) is 55.0 Å². The van der Waals surface area contributed by atoms with Crippen LogP contribution in [0.15, 0.2) is 42.5 Å². The molecular formula is C22H24ClN3O3S. The van der Waals surface area contributed by atoms with Crippen molar-refractivity contribution < 1.29 is 14.3 Å². The fourth-order valence-corrected chi connectivity index (χ4v) is 4.44. The molecular weight excluding hydrogens is 422 g/mol. The molecule has 8 heteroatoms. The number of hydrogen-bond donors (Lipinski definition) is 0. The highest BCUT2D eigenvalue weighted by atomic mass is 35.5. The Labute approximate surface area is 185 Å². The standard InChI is InChI=1S/C22H24ClN3O3S/c1-4-25(5-2)12-13-26(22-24-18-11-10-15(23)14-19(18)30-22)20(27)16-8-6-7-9-17(16)21(28)29-3/h6-11,14H,4-5,12-13H2,1-3H3. The lowest BCUT2D eigenvalue weighted by molar-refractivity contribution is 0.0597. The maximum atomic E-state index is 13.6. The van der Waals surface area contributed by atoms with E-state index >= 15 is 0 Å². The summed E-state index contributed by atoms with van der Waals surface area (Å²) < 4.78 is 5.76. The van der Waals surface area contributed by atoms with E-state index in [9.17, 15) is 9.59 Å². The van der Waals surface area contributed by atoms with Crippen molar-refractivity contribution >= 4 is 50.2 Å². The zero-order valence-electron chi connectivity index (χ0n) is 17.2. The number of rotatable bonds is 8. The molecule has 0 spiro atoms. The smallest absolute Gasteiger partial charge is 0.338 e. The lowest BCUT2D eigenvalue weighted by Crippen LogP contribution is -2.39. The molecule has 3 aromatic rings. The second-order valence-electron chi connectivity index (χ2n) is 6.63. The van der Waals surface area contributed by atoms with Crippen molar-refractivity contribution in [3.8, 4) is 0 Å². The second kappa shape index (κ2) is 10.0. The normalized spacial score (nSPS) is 11.1. The van der Waals surface area contributed by atoms with Crippen molar-refractivity contribution in [3.63, 3.8) is 0 Å². The molecule has 0 saturated heterocycles. The SMILES string of the molecule is CCN(CC)CCN(C(=O)c1ccccc1C(=O)OC)c1nc2ccc(Cl)cc2s1. The average molecular weight is 446 g/mol. The lowest BCUT2D eigenvalue weighted by Gasteiger charge is -2.25. The van der Waals surface area contributed by atoms with Gasteiger partial charge in [0.1, 0.15) is 0 Å². The van der Waals surface area contributed by atoms with Crippen LogP contribution >= 0.6 is 22.9 Å². The number of ether oxygens (including phenoxy) is 1. The molecule has 6 nitrogen and oxygen atoms in total. The Kier molecular flexibility index (Phi) is 7.42. The number of aromatic nitrogens is 1. The largest absolute Gasteiger partial charge is 0.465 e. The van der Waals surface area contributed by atoms with Crippen molar-refractivity contribution in [2.24, 2.45) is 0 Å². The maximum absolute atomic E-state index is 13.6. The predicted molar refractivity (Wildman–Crippen MR) is 122 cm³/mol. The van der Waals surface area contributed by atoms with Gasteiger partial charge in [-0.3, -0.25) is 9.69 Å². The molecule has 0 atom stereocenters. The Bertz CT molecular complexity index is 1050. The van der Waals surface area contributed by atoms with Gasteiger partial charge in [0.15, 0.2) is 5.13 Å². The number of methoxy groups -OCH3 is 1. The molecule has 2 aromatic carbocycles. The fraction of sp³-hybridized carbons (Fsp3) is 0.318. The number of anilines is 1. The van der Waals surface area contributed by atoms with Crippen molar-refractivity contribution in [1.29, 1.82) is 0 Å². The van der Waals surface area contributed by atoms with E-state index in [1.807, 2.05) is 12.1 Å². The summed E-state index contributed by atoms with van der Waals surface area (Å²) in [4.78, 5) is 34.3.